The average molecular weight is 344 g/mol. The highest BCUT2D eigenvalue weighted by Gasteiger charge is 2.21. The maximum Gasteiger partial charge on any atom is 0.119 e. The number of benzene rings is 2. The van der Waals surface area contributed by atoms with Gasteiger partial charge in [-0.15, -0.1) is 0 Å². The van der Waals surface area contributed by atoms with E-state index in [1.807, 2.05) is 36.4 Å². The highest BCUT2D eigenvalue weighted by molar-refractivity contribution is 5.94. The van der Waals surface area contributed by atoms with Crippen molar-refractivity contribution in [3.8, 4) is 11.8 Å². The van der Waals surface area contributed by atoms with Crippen molar-refractivity contribution in [2.75, 3.05) is 43.1 Å². The largest absolute Gasteiger partial charge is 0.497 e. The SMILES string of the molecule is COc1ccc(N2CCN(c3c(C#N)cnc4ccccc34)CC2)cc1. The summed E-state index contributed by atoms with van der Waals surface area (Å²) >= 11 is 0. The van der Waals surface area contributed by atoms with Crippen LogP contribution in [0, 0.1) is 11.3 Å². The second-order valence-electron chi connectivity index (χ2n) is 6.32. The number of fused-ring (bicyclic) bond motifs is 1. The molecule has 130 valence electrons. The third-order valence-electron chi connectivity index (χ3n) is 4.90. The maximum absolute atomic E-state index is 9.55. The van der Waals surface area contributed by atoms with E-state index in [1.165, 1.54) is 5.69 Å². The summed E-state index contributed by atoms with van der Waals surface area (Å²) in [6.45, 7) is 3.56. The zero-order valence-corrected chi connectivity index (χ0v) is 14.7. The van der Waals surface area contributed by atoms with Crippen molar-refractivity contribution in [3.05, 3.63) is 60.3 Å². The van der Waals surface area contributed by atoms with E-state index in [4.69, 9.17) is 4.74 Å². The van der Waals surface area contributed by atoms with Crippen molar-refractivity contribution in [1.29, 1.82) is 5.26 Å². The number of ether oxygens (including phenoxy) is 1. The third kappa shape index (κ3) is 2.91. The van der Waals surface area contributed by atoms with Gasteiger partial charge >= 0.3 is 0 Å². The van der Waals surface area contributed by atoms with E-state index < -0.39 is 0 Å². The lowest BCUT2D eigenvalue weighted by molar-refractivity contribution is 0.415. The molecule has 4 rings (SSSR count). The van der Waals surface area contributed by atoms with Gasteiger partial charge in [-0.2, -0.15) is 5.26 Å². The molecule has 0 radical (unpaired) electrons. The number of aromatic nitrogens is 1. The summed E-state index contributed by atoms with van der Waals surface area (Å²) in [5, 5.41) is 10.6. The molecule has 0 amide bonds. The van der Waals surface area contributed by atoms with Crippen LogP contribution in [0.5, 0.6) is 5.75 Å². The first-order valence-corrected chi connectivity index (χ1v) is 8.72. The first-order valence-electron chi connectivity index (χ1n) is 8.72. The number of anilines is 2. The lowest BCUT2D eigenvalue weighted by Crippen LogP contribution is -2.46. The summed E-state index contributed by atoms with van der Waals surface area (Å²) in [5.74, 6) is 0.870. The van der Waals surface area contributed by atoms with E-state index in [1.54, 1.807) is 13.3 Å². The van der Waals surface area contributed by atoms with Crippen molar-refractivity contribution in [2.24, 2.45) is 0 Å². The van der Waals surface area contributed by atoms with Crippen molar-refractivity contribution in [1.82, 2.24) is 4.98 Å². The summed E-state index contributed by atoms with van der Waals surface area (Å²) in [5.41, 5.74) is 3.78. The quantitative estimate of drug-likeness (QED) is 0.728. The van der Waals surface area contributed by atoms with Crippen LogP contribution in [0.25, 0.3) is 10.9 Å². The summed E-state index contributed by atoms with van der Waals surface area (Å²) in [6, 6.07) is 18.5. The van der Waals surface area contributed by atoms with Gasteiger partial charge in [0, 0.05) is 43.4 Å². The molecule has 1 fully saturated rings. The van der Waals surface area contributed by atoms with E-state index >= 15 is 0 Å². The van der Waals surface area contributed by atoms with Gasteiger partial charge in [0.2, 0.25) is 0 Å². The fourth-order valence-electron chi connectivity index (χ4n) is 3.53. The number of methoxy groups -OCH3 is 1. The fourth-order valence-corrected chi connectivity index (χ4v) is 3.53. The topological polar surface area (TPSA) is 52.4 Å². The van der Waals surface area contributed by atoms with Crippen molar-refractivity contribution in [3.63, 3.8) is 0 Å². The normalized spacial score (nSPS) is 14.3. The minimum absolute atomic E-state index is 0.640. The smallest absolute Gasteiger partial charge is 0.119 e. The van der Waals surface area contributed by atoms with Gasteiger partial charge < -0.3 is 14.5 Å². The zero-order chi connectivity index (χ0) is 17.9. The van der Waals surface area contributed by atoms with Crippen LogP contribution in [0.4, 0.5) is 11.4 Å². The van der Waals surface area contributed by atoms with Gasteiger partial charge in [0.15, 0.2) is 0 Å². The number of nitrogens with zero attached hydrogens (tertiary/aromatic N) is 4. The van der Waals surface area contributed by atoms with E-state index in [9.17, 15) is 5.26 Å². The molecule has 0 saturated carbocycles. The summed E-state index contributed by atoms with van der Waals surface area (Å²) in [6.07, 6.45) is 1.69. The van der Waals surface area contributed by atoms with E-state index in [-0.39, 0.29) is 0 Å². The van der Waals surface area contributed by atoms with Gasteiger partial charge in [-0.3, -0.25) is 4.98 Å². The second-order valence-corrected chi connectivity index (χ2v) is 6.32. The first-order chi connectivity index (χ1) is 12.8. The maximum atomic E-state index is 9.55. The van der Waals surface area contributed by atoms with Gasteiger partial charge in [0.25, 0.3) is 0 Å². The van der Waals surface area contributed by atoms with Crippen molar-refractivity contribution < 1.29 is 4.74 Å². The summed E-state index contributed by atoms with van der Waals surface area (Å²) in [7, 11) is 1.68. The molecule has 1 aliphatic rings. The van der Waals surface area contributed by atoms with Crippen LogP contribution in [0.3, 0.4) is 0 Å². The molecule has 2 aromatic carbocycles. The number of hydrogen-bond acceptors (Lipinski definition) is 5. The average Bonchev–Trinajstić information content (AvgIpc) is 2.73. The molecule has 26 heavy (non-hydrogen) atoms. The molecule has 1 aliphatic heterocycles. The monoisotopic (exact) mass is 344 g/mol. The zero-order valence-electron chi connectivity index (χ0n) is 14.7. The lowest BCUT2D eigenvalue weighted by Gasteiger charge is -2.38. The predicted octanol–water partition coefficient (Wildman–Crippen LogP) is 3.44. The Morgan fingerprint density at radius 3 is 2.35 bits per heavy atom. The molecular formula is C21H20N4O. The number of para-hydroxylation sites is 1. The van der Waals surface area contributed by atoms with Gasteiger partial charge in [0.05, 0.1) is 23.9 Å². The third-order valence-corrected chi connectivity index (χ3v) is 4.90. The first kappa shape index (κ1) is 16.2. The molecule has 0 unspecified atom stereocenters. The molecule has 0 spiro atoms. The molecule has 5 heteroatoms. The minimum atomic E-state index is 0.640. The molecular weight excluding hydrogens is 324 g/mol. The molecule has 5 nitrogen and oxygen atoms in total. The number of hydrogen-bond donors (Lipinski definition) is 0. The molecule has 1 aromatic heterocycles. The summed E-state index contributed by atoms with van der Waals surface area (Å²) in [4.78, 5) is 9.09. The number of rotatable bonds is 3. The Hall–Kier alpha value is -3.26. The second kappa shape index (κ2) is 6.93. The lowest BCUT2D eigenvalue weighted by atomic mass is 10.1. The number of piperazine rings is 1. The molecule has 0 N–H and O–H groups in total. The minimum Gasteiger partial charge on any atom is -0.497 e. The number of pyridine rings is 1. The van der Waals surface area contributed by atoms with Crippen LogP contribution in [0.1, 0.15) is 5.56 Å². The molecule has 3 aromatic rings. The highest BCUT2D eigenvalue weighted by atomic mass is 16.5. The molecule has 0 aliphatic carbocycles. The van der Waals surface area contributed by atoms with Crippen LogP contribution in [-0.2, 0) is 0 Å². The molecule has 2 heterocycles. The van der Waals surface area contributed by atoms with E-state index in [0.717, 1.165) is 48.5 Å². The Balaban J connectivity index is 1.58. The molecule has 1 saturated heterocycles. The van der Waals surface area contributed by atoms with Crippen molar-refractivity contribution in [2.45, 2.75) is 0 Å². The van der Waals surface area contributed by atoms with E-state index in [0.29, 0.717) is 5.56 Å². The van der Waals surface area contributed by atoms with Crippen LogP contribution < -0.4 is 14.5 Å². The van der Waals surface area contributed by atoms with Crippen molar-refractivity contribution >= 4 is 22.3 Å². The van der Waals surface area contributed by atoms with Gasteiger partial charge in [0.1, 0.15) is 11.8 Å². The molecule has 0 bridgehead atoms. The van der Waals surface area contributed by atoms with Gasteiger partial charge in [-0.25, -0.2) is 0 Å². The van der Waals surface area contributed by atoms with Gasteiger partial charge in [-0.05, 0) is 30.3 Å². The molecule has 0 atom stereocenters. The Bertz CT molecular complexity index is 954. The van der Waals surface area contributed by atoms with Crippen LogP contribution in [-0.4, -0.2) is 38.3 Å². The predicted molar refractivity (Wildman–Crippen MR) is 104 cm³/mol. The standard InChI is InChI=1S/C21H20N4O/c1-26-18-8-6-17(7-9-18)24-10-12-25(13-11-24)21-16(14-22)15-23-20-5-3-2-4-19(20)21/h2-9,15H,10-13H2,1H3. The highest BCUT2D eigenvalue weighted by Crippen LogP contribution is 2.30. The van der Waals surface area contributed by atoms with Crippen LogP contribution >= 0.6 is 0 Å². The Morgan fingerprint density at radius 2 is 1.65 bits per heavy atom. The Kier molecular flexibility index (Phi) is 4.32. The van der Waals surface area contributed by atoms with Crippen LogP contribution in [0.2, 0.25) is 0 Å². The number of nitriles is 1. The van der Waals surface area contributed by atoms with Crippen LogP contribution in [0.15, 0.2) is 54.7 Å². The Labute approximate surface area is 153 Å². The summed E-state index contributed by atoms with van der Waals surface area (Å²) < 4.78 is 5.23. The van der Waals surface area contributed by atoms with Gasteiger partial charge in [-0.1, -0.05) is 18.2 Å². The fraction of sp³-hybridized carbons (Fsp3) is 0.238. The Morgan fingerprint density at radius 1 is 0.962 bits per heavy atom. The van der Waals surface area contributed by atoms with E-state index in [2.05, 4.69) is 33.0 Å².